The molecule has 0 aromatic heterocycles. The molecular formula is C20H18O. The fraction of sp³-hybridized carbons (Fsp3) is 0.100. The van der Waals surface area contributed by atoms with Crippen LogP contribution in [-0.4, -0.2) is 5.11 Å². The molecule has 1 heteroatoms. The zero-order valence-corrected chi connectivity index (χ0v) is 12.0. The van der Waals surface area contributed by atoms with E-state index < -0.39 is 0 Å². The van der Waals surface area contributed by atoms with Gasteiger partial charge in [0.2, 0.25) is 0 Å². The molecule has 0 aliphatic carbocycles. The number of benzene rings is 3. The van der Waals surface area contributed by atoms with Crippen molar-refractivity contribution >= 4 is 0 Å². The van der Waals surface area contributed by atoms with Crippen molar-refractivity contribution in [3.63, 3.8) is 0 Å². The van der Waals surface area contributed by atoms with Crippen LogP contribution >= 0.6 is 0 Å². The highest BCUT2D eigenvalue weighted by atomic mass is 16.3. The van der Waals surface area contributed by atoms with Gasteiger partial charge in [0.1, 0.15) is 5.75 Å². The summed E-state index contributed by atoms with van der Waals surface area (Å²) in [6.45, 7) is 2.18. The molecule has 1 nitrogen and oxygen atoms in total. The van der Waals surface area contributed by atoms with E-state index in [1.165, 1.54) is 16.7 Å². The van der Waals surface area contributed by atoms with E-state index in [0.29, 0.717) is 5.75 Å². The molecule has 0 spiro atoms. The second kappa shape index (κ2) is 5.84. The van der Waals surface area contributed by atoms with Gasteiger partial charge in [-0.25, -0.2) is 0 Å². The molecule has 1 atom stereocenters. The summed E-state index contributed by atoms with van der Waals surface area (Å²) in [4.78, 5) is 0. The Hall–Kier alpha value is -2.54. The number of aromatic hydroxyl groups is 1. The molecule has 21 heavy (non-hydrogen) atoms. The van der Waals surface area contributed by atoms with Crippen molar-refractivity contribution in [1.82, 2.24) is 0 Å². The molecule has 3 aromatic rings. The molecule has 0 radical (unpaired) electrons. The Labute approximate surface area is 125 Å². The van der Waals surface area contributed by atoms with Gasteiger partial charge in [-0.2, -0.15) is 0 Å². The van der Waals surface area contributed by atoms with Gasteiger partial charge in [0, 0.05) is 5.92 Å². The van der Waals surface area contributed by atoms with E-state index in [4.69, 9.17) is 0 Å². The maximum atomic E-state index is 9.88. The van der Waals surface area contributed by atoms with E-state index in [1.807, 2.05) is 36.4 Å². The lowest BCUT2D eigenvalue weighted by Crippen LogP contribution is -1.98. The monoisotopic (exact) mass is 274 g/mol. The zero-order valence-electron chi connectivity index (χ0n) is 12.0. The third-order valence-corrected chi connectivity index (χ3v) is 3.89. The minimum absolute atomic E-state index is 0.230. The van der Waals surface area contributed by atoms with Gasteiger partial charge in [0.05, 0.1) is 0 Å². The van der Waals surface area contributed by atoms with Crippen LogP contribution in [0.4, 0.5) is 0 Å². The highest BCUT2D eigenvalue weighted by Gasteiger charge is 2.14. The molecule has 1 N–H and O–H groups in total. The van der Waals surface area contributed by atoms with Gasteiger partial charge < -0.3 is 5.11 Å². The largest absolute Gasteiger partial charge is 0.508 e. The Kier molecular flexibility index (Phi) is 3.74. The molecule has 0 saturated heterocycles. The van der Waals surface area contributed by atoms with E-state index in [1.54, 1.807) is 6.07 Å². The van der Waals surface area contributed by atoms with E-state index >= 15 is 0 Å². The summed E-state index contributed by atoms with van der Waals surface area (Å²) in [6.07, 6.45) is 0. The highest BCUT2D eigenvalue weighted by molar-refractivity contribution is 5.69. The number of hydrogen-bond donors (Lipinski definition) is 1. The summed E-state index contributed by atoms with van der Waals surface area (Å²) in [5.74, 6) is 0.543. The number of rotatable bonds is 3. The van der Waals surface area contributed by atoms with Crippen LogP contribution in [0.1, 0.15) is 24.0 Å². The maximum absolute atomic E-state index is 9.88. The molecule has 3 aromatic carbocycles. The van der Waals surface area contributed by atoms with Crippen molar-refractivity contribution in [2.75, 3.05) is 0 Å². The van der Waals surface area contributed by atoms with Gasteiger partial charge in [-0.15, -0.1) is 0 Å². The Morgan fingerprint density at radius 3 is 2.05 bits per heavy atom. The first kappa shape index (κ1) is 13.4. The van der Waals surface area contributed by atoms with Crippen LogP contribution in [0.3, 0.4) is 0 Å². The standard InChI is InChI=1S/C20H18O/c1-15(16-8-4-2-5-9-16)20-14-18(21)12-13-19(20)17-10-6-3-7-11-17/h2-15,21H,1H3. The Morgan fingerprint density at radius 2 is 1.38 bits per heavy atom. The molecule has 1 unspecified atom stereocenters. The summed E-state index contributed by atoms with van der Waals surface area (Å²) in [7, 11) is 0. The van der Waals surface area contributed by atoms with Crippen molar-refractivity contribution in [1.29, 1.82) is 0 Å². The van der Waals surface area contributed by atoms with Crippen molar-refractivity contribution in [2.45, 2.75) is 12.8 Å². The average Bonchev–Trinajstić information content (AvgIpc) is 2.56. The lowest BCUT2D eigenvalue weighted by Gasteiger charge is -2.17. The van der Waals surface area contributed by atoms with Crippen LogP contribution in [0.15, 0.2) is 78.9 Å². The number of phenols is 1. The predicted octanol–water partition coefficient (Wildman–Crippen LogP) is 5.21. The first-order chi connectivity index (χ1) is 10.3. The van der Waals surface area contributed by atoms with Gasteiger partial charge >= 0.3 is 0 Å². The van der Waals surface area contributed by atoms with Gasteiger partial charge in [-0.05, 0) is 34.4 Å². The molecule has 0 aliphatic rings. The summed E-state index contributed by atoms with van der Waals surface area (Å²) in [5.41, 5.74) is 4.74. The summed E-state index contributed by atoms with van der Waals surface area (Å²) < 4.78 is 0. The Balaban J connectivity index is 2.11. The van der Waals surface area contributed by atoms with Crippen molar-refractivity contribution in [3.8, 4) is 16.9 Å². The molecule has 0 bridgehead atoms. The van der Waals surface area contributed by atoms with Crippen molar-refractivity contribution in [2.24, 2.45) is 0 Å². The van der Waals surface area contributed by atoms with Crippen molar-refractivity contribution in [3.05, 3.63) is 90.0 Å². The quantitative estimate of drug-likeness (QED) is 0.695. The lowest BCUT2D eigenvalue weighted by molar-refractivity contribution is 0.474. The summed E-state index contributed by atoms with van der Waals surface area (Å²) >= 11 is 0. The average molecular weight is 274 g/mol. The van der Waals surface area contributed by atoms with Crippen LogP contribution in [0, 0.1) is 0 Å². The van der Waals surface area contributed by atoms with Gasteiger partial charge in [0.25, 0.3) is 0 Å². The molecule has 0 aliphatic heterocycles. The van der Waals surface area contributed by atoms with Gasteiger partial charge in [-0.1, -0.05) is 73.7 Å². The first-order valence-electron chi connectivity index (χ1n) is 7.19. The Morgan fingerprint density at radius 1 is 0.762 bits per heavy atom. The smallest absolute Gasteiger partial charge is 0.115 e. The second-order valence-electron chi connectivity index (χ2n) is 5.27. The molecule has 3 rings (SSSR count). The molecular weight excluding hydrogens is 256 g/mol. The molecule has 0 amide bonds. The van der Waals surface area contributed by atoms with Crippen LogP contribution in [0.5, 0.6) is 5.75 Å². The summed E-state index contributed by atoms with van der Waals surface area (Å²) in [6, 6.07) is 26.3. The molecule has 0 fully saturated rings. The topological polar surface area (TPSA) is 20.2 Å². The van der Waals surface area contributed by atoms with Crippen LogP contribution in [0.25, 0.3) is 11.1 Å². The van der Waals surface area contributed by atoms with E-state index in [9.17, 15) is 5.11 Å². The van der Waals surface area contributed by atoms with Crippen LogP contribution in [-0.2, 0) is 0 Å². The first-order valence-corrected chi connectivity index (χ1v) is 7.19. The summed E-state index contributed by atoms with van der Waals surface area (Å²) in [5, 5.41) is 9.88. The fourth-order valence-corrected chi connectivity index (χ4v) is 2.71. The van der Waals surface area contributed by atoms with E-state index in [-0.39, 0.29) is 5.92 Å². The lowest BCUT2D eigenvalue weighted by atomic mass is 9.87. The minimum atomic E-state index is 0.230. The maximum Gasteiger partial charge on any atom is 0.115 e. The predicted molar refractivity (Wildman–Crippen MR) is 87.5 cm³/mol. The third-order valence-electron chi connectivity index (χ3n) is 3.89. The minimum Gasteiger partial charge on any atom is -0.508 e. The zero-order chi connectivity index (χ0) is 14.7. The Bertz CT molecular complexity index is 717. The van der Waals surface area contributed by atoms with E-state index in [2.05, 4.69) is 43.3 Å². The highest BCUT2D eigenvalue weighted by Crippen LogP contribution is 2.35. The van der Waals surface area contributed by atoms with Crippen molar-refractivity contribution < 1.29 is 5.11 Å². The van der Waals surface area contributed by atoms with E-state index in [0.717, 1.165) is 5.56 Å². The second-order valence-corrected chi connectivity index (χ2v) is 5.27. The van der Waals surface area contributed by atoms with Gasteiger partial charge in [0.15, 0.2) is 0 Å². The molecule has 0 saturated carbocycles. The van der Waals surface area contributed by atoms with Crippen LogP contribution < -0.4 is 0 Å². The molecule has 104 valence electrons. The molecule has 0 heterocycles. The SMILES string of the molecule is CC(c1ccccc1)c1cc(O)ccc1-c1ccccc1. The number of phenolic OH excluding ortho intramolecular Hbond substituents is 1. The fourth-order valence-electron chi connectivity index (χ4n) is 2.71. The van der Waals surface area contributed by atoms with Crippen LogP contribution in [0.2, 0.25) is 0 Å². The van der Waals surface area contributed by atoms with Gasteiger partial charge in [-0.3, -0.25) is 0 Å². The normalized spacial score (nSPS) is 12.0. The third kappa shape index (κ3) is 2.82. The number of hydrogen-bond acceptors (Lipinski definition) is 1.